The summed E-state index contributed by atoms with van der Waals surface area (Å²) in [7, 11) is 1.53. The molecule has 0 saturated carbocycles. The van der Waals surface area contributed by atoms with Gasteiger partial charge in [0.05, 0.1) is 0 Å². The number of rotatable bonds is 5. The van der Waals surface area contributed by atoms with E-state index >= 15 is 0 Å². The van der Waals surface area contributed by atoms with Crippen LogP contribution in [0.3, 0.4) is 0 Å². The lowest BCUT2D eigenvalue weighted by atomic mass is 10.1. The second-order valence-electron chi connectivity index (χ2n) is 3.21. The Morgan fingerprint density at radius 3 is 2.57 bits per heavy atom. The van der Waals surface area contributed by atoms with Gasteiger partial charge in [-0.25, -0.2) is 0 Å². The van der Waals surface area contributed by atoms with Gasteiger partial charge in [-0.15, -0.1) is 0 Å². The summed E-state index contributed by atoms with van der Waals surface area (Å²) in [4.78, 5) is 11.1. The highest BCUT2D eigenvalue weighted by Crippen LogP contribution is 2.07. The standard InChI is InChI=1S/C11H15NO2/c1-14-8-11(13)7-4-9-2-5-10(12)6-3-9/h2-3,5-6H,4,7-8,12H2,1H3. The molecule has 3 nitrogen and oxygen atoms in total. The number of carbonyl (C=O) groups excluding carboxylic acids is 1. The number of hydrogen-bond donors (Lipinski definition) is 1. The van der Waals surface area contributed by atoms with Gasteiger partial charge in [0.15, 0.2) is 5.78 Å². The van der Waals surface area contributed by atoms with Crippen LogP contribution in [0.1, 0.15) is 12.0 Å². The topological polar surface area (TPSA) is 52.3 Å². The summed E-state index contributed by atoms with van der Waals surface area (Å²) in [5.74, 6) is 0.129. The molecule has 0 bridgehead atoms. The SMILES string of the molecule is COCC(=O)CCc1ccc(N)cc1. The Morgan fingerprint density at radius 1 is 1.36 bits per heavy atom. The summed E-state index contributed by atoms with van der Waals surface area (Å²) in [5, 5.41) is 0. The summed E-state index contributed by atoms with van der Waals surface area (Å²) in [6.07, 6.45) is 1.28. The van der Waals surface area contributed by atoms with Crippen molar-refractivity contribution in [3.63, 3.8) is 0 Å². The molecule has 0 atom stereocenters. The molecule has 0 spiro atoms. The molecule has 3 heteroatoms. The molecule has 0 saturated heterocycles. The first kappa shape index (κ1) is 10.7. The van der Waals surface area contributed by atoms with Crippen LogP contribution in [0.5, 0.6) is 0 Å². The third-order valence-electron chi connectivity index (χ3n) is 1.98. The molecule has 0 aliphatic heterocycles. The van der Waals surface area contributed by atoms with Gasteiger partial charge >= 0.3 is 0 Å². The number of benzene rings is 1. The normalized spacial score (nSPS) is 10.1. The molecule has 14 heavy (non-hydrogen) atoms. The second kappa shape index (κ2) is 5.40. The predicted octanol–water partition coefficient (Wildman–Crippen LogP) is 1.42. The van der Waals surface area contributed by atoms with Crippen LogP contribution in [-0.2, 0) is 16.0 Å². The lowest BCUT2D eigenvalue weighted by Crippen LogP contribution is -2.07. The van der Waals surface area contributed by atoms with E-state index in [4.69, 9.17) is 10.5 Å². The molecule has 2 N–H and O–H groups in total. The van der Waals surface area contributed by atoms with Crippen molar-refractivity contribution in [2.24, 2.45) is 0 Å². The molecule has 1 rings (SSSR count). The first-order valence-electron chi connectivity index (χ1n) is 4.57. The fraction of sp³-hybridized carbons (Fsp3) is 0.364. The van der Waals surface area contributed by atoms with Crippen molar-refractivity contribution < 1.29 is 9.53 Å². The van der Waals surface area contributed by atoms with Gasteiger partial charge in [0.25, 0.3) is 0 Å². The maximum atomic E-state index is 11.1. The van der Waals surface area contributed by atoms with E-state index < -0.39 is 0 Å². The molecular formula is C11H15NO2. The quantitative estimate of drug-likeness (QED) is 0.719. The second-order valence-corrected chi connectivity index (χ2v) is 3.21. The van der Waals surface area contributed by atoms with E-state index in [1.165, 1.54) is 7.11 Å². The minimum absolute atomic E-state index is 0.129. The zero-order valence-corrected chi connectivity index (χ0v) is 8.32. The molecule has 0 amide bonds. The van der Waals surface area contributed by atoms with Gasteiger partial charge in [-0.1, -0.05) is 12.1 Å². The first-order chi connectivity index (χ1) is 6.72. The Bertz CT molecular complexity index is 293. The number of hydrogen-bond acceptors (Lipinski definition) is 3. The summed E-state index contributed by atoms with van der Waals surface area (Å²) in [5.41, 5.74) is 7.42. The van der Waals surface area contributed by atoms with Crippen LogP contribution in [0, 0.1) is 0 Å². The maximum absolute atomic E-state index is 11.1. The number of carbonyl (C=O) groups is 1. The van der Waals surface area contributed by atoms with Crippen LogP contribution in [0.25, 0.3) is 0 Å². The molecule has 1 aromatic rings. The fourth-order valence-corrected chi connectivity index (χ4v) is 1.20. The summed E-state index contributed by atoms with van der Waals surface area (Å²) >= 11 is 0. The van der Waals surface area contributed by atoms with E-state index in [-0.39, 0.29) is 12.4 Å². The average molecular weight is 193 g/mol. The zero-order chi connectivity index (χ0) is 10.4. The van der Waals surface area contributed by atoms with Crippen LogP contribution in [0.2, 0.25) is 0 Å². The number of anilines is 1. The van der Waals surface area contributed by atoms with Crippen LogP contribution >= 0.6 is 0 Å². The number of nitrogen functional groups attached to an aromatic ring is 1. The Kier molecular flexibility index (Phi) is 4.13. The van der Waals surface area contributed by atoms with Crippen LogP contribution in [-0.4, -0.2) is 19.5 Å². The van der Waals surface area contributed by atoms with Crippen molar-refractivity contribution in [2.75, 3.05) is 19.5 Å². The number of aryl methyl sites for hydroxylation is 1. The molecule has 0 aliphatic carbocycles. The molecule has 0 unspecified atom stereocenters. The number of Topliss-reactive ketones (excluding diaryl/α,β-unsaturated/α-hetero) is 1. The predicted molar refractivity (Wildman–Crippen MR) is 56.1 cm³/mol. The van der Waals surface area contributed by atoms with Gasteiger partial charge in [-0.3, -0.25) is 4.79 Å². The molecule has 0 aliphatic rings. The zero-order valence-electron chi connectivity index (χ0n) is 8.32. The molecule has 76 valence electrons. The van der Waals surface area contributed by atoms with Crippen molar-refractivity contribution >= 4 is 11.5 Å². The summed E-state index contributed by atoms with van der Waals surface area (Å²) in [6.45, 7) is 0.203. The number of ketones is 1. The molecule has 0 radical (unpaired) electrons. The van der Waals surface area contributed by atoms with Gasteiger partial charge in [0, 0.05) is 19.2 Å². The van der Waals surface area contributed by atoms with Gasteiger partial charge < -0.3 is 10.5 Å². The Morgan fingerprint density at radius 2 is 2.00 bits per heavy atom. The Labute approximate surface area is 83.9 Å². The highest BCUT2D eigenvalue weighted by Gasteiger charge is 2.01. The van der Waals surface area contributed by atoms with Gasteiger partial charge in [-0.05, 0) is 24.1 Å². The first-order valence-corrected chi connectivity index (χ1v) is 4.57. The minimum atomic E-state index is 0.129. The van der Waals surface area contributed by atoms with Gasteiger partial charge in [0.1, 0.15) is 6.61 Å². The lowest BCUT2D eigenvalue weighted by Gasteiger charge is -2.01. The van der Waals surface area contributed by atoms with E-state index in [2.05, 4.69) is 0 Å². The highest BCUT2D eigenvalue weighted by molar-refractivity contribution is 5.79. The Hall–Kier alpha value is -1.35. The van der Waals surface area contributed by atoms with Gasteiger partial charge in [-0.2, -0.15) is 0 Å². The van der Waals surface area contributed by atoms with Crippen LogP contribution < -0.4 is 5.73 Å². The number of nitrogens with two attached hydrogens (primary N) is 1. The maximum Gasteiger partial charge on any atom is 0.158 e. The smallest absolute Gasteiger partial charge is 0.158 e. The Balaban J connectivity index is 2.38. The van der Waals surface area contributed by atoms with Crippen molar-refractivity contribution in [2.45, 2.75) is 12.8 Å². The average Bonchev–Trinajstić information content (AvgIpc) is 2.17. The molecular weight excluding hydrogens is 178 g/mol. The lowest BCUT2D eigenvalue weighted by molar-refractivity contribution is -0.122. The summed E-state index contributed by atoms with van der Waals surface area (Å²) in [6, 6.07) is 7.57. The van der Waals surface area contributed by atoms with Crippen molar-refractivity contribution in [1.82, 2.24) is 0 Å². The van der Waals surface area contributed by atoms with Crippen molar-refractivity contribution in [3.8, 4) is 0 Å². The molecule has 0 fully saturated rings. The van der Waals surface area contributed by atoms with E-state index in [1.807, 2.05) is 24.3 Å². The van der Waals surface area contributed by atoms with Crippen molar-refractivity contribution in [1.29, 1.82) is 0 Å². The summed E-state index contributed by atoms with van der Waals surface area (Å²) < 4.78 is 4.74. The fourth-order valence-electron chi connectivity index (χ4n) is 1.20. The van der Waals surface area contributed by atoms with E-state index in [0.29, 0.717) is 6.42 Å². The van der Waals surface area contributed by atoms with Crippen LogP contribution in [0.4, 0.5) is 5.69 Å². The highest BCUT2D eigenvalue weighted by atomic mass is 16.5. The monoisotopic (exact) mass is 193 g/mol. The van der Waals surface area contributed by atoms with Crippen molar-refractivity contribution in [3.05, 3.63) is 29.8 Å². The molecule has 0 heterocycles. The van der Waals surface area contributed by atoms with Gasteiger partial charge in [0.2, 0.25) is 0 Å². The third-order valence-corrected chi connectivity index (χ3v) is 1.98. The molecule has 1 aromatic carbocycles. The minimum Gasteiger partial charge on any atom is -0.399 e. The number of ether oxygens (including phenoxy) is 1. The van der Waals surface area contributed by atoms with E-state index in [0.717, 1.165) is 17.7 Å². The third kappa shape index (κ3) is 3.58. The van der Waals surface area contributed by atoms with E-state index in [1.54, 1.807) is 0 Å². The molecule has 0 aromatic heterocycles. The van der Waals surface area contributed by atoms with E-state index in [9.17, 15) is 4.79 Å². The van der Waals surface area contributed by atoms with Crippen LogP contribution in [0.15, 0.2) is 24.3 Å². The largest absolute Gasteiger partial charge is 0.399 e. The number of methoxy groups -OCH3 is 1.